The maximum absolute atomic E-state index is 14.3. The van der Waals surface area contributed by atoms with E-state index in [9.17, 15) is 12.8 Å². The highest BCUT2D eigenvalue weighted by Crippen LogP contribution is 2.29. The summed E-state index contributed by atoms with van der Waals surface area (Å²) in [5.41, 5.74) is 5.66. The van der Waals surface area contributed by atoms with Gasteiger partial charge in [0.05, 0.1) is 0 Å². The first-order chi connectivity index (χ1) is 9.77. The van der Waals surface area contributed by atoms with Crippen LogP contribution in [0.3, 0.4) is 0 Å². The van der Waals surface area contributed by atoms with Crippen LogP contribution in [-0.4, -0.2) is 50.8 Å². The van der Waals surface area contributed by atoms with Crippen LogP contribution in [0.5, 0.6) is 0 Å². The van der Waals surface area contributed by atoms with Gasteiger partial charge in [-0.15, -0.1) is 0 Å². The van der Waals surface area contributed by atoms with Crippen molar-refractivity contribution in [3.63, 3.8) is 0 Å². The first kappa shape index (κ1) is 16.8. The second-order valence-corrected chi connectivity index (χ2v) is 8.17. The fourth-order valence-corrected chi connectivity index (χ4v) is 4.73. The summed E-state index contributed by atoms with van der Waals surface area (Å²) in [6.45, 7) is 0.725. The Morgan fingerprint density at radius 3 is 2.67 bits per heavy atom. The average molecular weight is 380 g/mol. The molecule has 1 fully saturated rings. The molecule has 0 aliphatic carbocycles. The van der Waals surface area contributed by atoms with Gasteiger partial charge in [-0.2, -0.15) is 4.31 Å². The third-order valence-electron chi connectivity index (χ3n) is 3.77. The van der Waals surface area contributed by atoms with Gasteiger partial charge in [0.15, 0.2) is 0 Å². The van der Waals surface area contributed by atoms with E-state index in [0.717, 1.165) is 6.42 Å². The first-order valence-electron chi connectivity index (χ1n) is 6.62. The molecule has 0 amide bonds. The van der Waals surface area contributed by atoms with Crippen LogP contribution in [0, 0.1) is 5.82 Å². The molecule has 1 aromatic rings. The molecule has 0 spiro atoms. The maximum Gasteiger partial charge on any atom is 0.246 e. The molecule has 1 aliphatic heterocycles. The van der Waals surface area contributed by atoms with E-state index in [2.05, 4.69) is 15.9 Å². The van der Waals surface area contributed by atoms with E-state index in [1.54, 1.807) is 0 Å². The number of halogens is 2. The van der Waals surface area contributed by atoms with Gasteiger partial charge in [0.25, 0.3) is 0 Å². The van der Waals surface area contributed by atoms with Crippen molar-refractivity contribution < 1.29 is 12.8 Å². The van der Waals surface area contributed by atoms with Crippen molar-refractivity contribution in [1.82, 2.24) is 9.21 Å². The van der Waals surface area contributed by atoms with E-state index in [1.807, 2.05) is 19.0 Å². The molecule has 0 radical (unpaired) electrons. The molecule has 2 N–H and O–H groups in total. The fourth-order valence-electron chi connectivity index (χ4n) is 2.44. The van der Waals surface area contributed by atoms with E-state index in [0.29, 0.717) is 17.6 Å². The second kappa shape index (κ2) is 6.29. The van der Waals surface area contributed by atoms with Gasteiger partial charge >= 0.3 is 0 Å². The minimum absolute atomic E-state index is 0.0475. The number of hydrogen-bond donors (Lipinski definition) is 1. The molecular formula is C13H19BrFN3O2S. The number of likely N-dealkylation sites (N-methyl/N-ethyl adjacent to an activating group) is 1. The average Bonchev–Trinajstić information content (AvgIpc) is 2.91. The van der Waals surface area contributed by atoms with Gasteiger partial charge in [-0.3, -0.25) is 0 Å². The number of rotatable bonds is 4. The van der Waals surface area contributed by atoms with Crippen molar-refractivity contribution in [3.8, 4) is 0 Å². The standard InChI is InChI=1S/C13H19BrFN3O2S/c1-17(2)11-3-4-18(8-11)21(19,20)12-6-10(14)5-9(7-16)13(12)15/h5-6,11H,3-4,7-8,16H2,1-2H3. The number of sulfonamides is 1. The van der Waals surface area contributed by atoms with Gasteiger partial charge in [0, 0.05) is 35.7 Å². The van der Waals surface area contributed by atoms with Crippen LogP contribution in [0.25, 0.3) is 0 Å². The lowest BCUT2D eigenvalue weighted by atomic mass is 10.2. The van der Waals surface area contributed by atoms with Gasteiger partial charge in [0.2, 0.25) is 10.0 Å². The highest BCUT2D eigenvalue weighted by atomic mass is 79.9. The molecule has 8 heteroatoms. The van der Waals surface area contributed by atoms with Crippen LogP contribution in [-0.2, 0) is 16.6 Å². The summed E-state index contributed by atoms with van der Waals surface area (Å²) >= 11 is 3.21. The lowest BCUT2D eigenvalue weighted by Crippen LogP contribution is -2.35. The predicted molar refractivity (Wildman–Crippen MR) is 82.8 cm³/mol. The van der Waals surface area contributed by atoms with Crippen molar-refractivity contribution in [2.24, 2.45) is 5.73 Å². The van der Waals surface area contributed by atoms with Gasteiger partial charge in [-0.05, 0) is 32.6 Å². The third-order valence-corrected chi connectivity index (χ3v) is 6.10. The van der Waals surface area contributed by atoms with Crippen molar-refractivity contribution in [2.75, 3.05) is 27.2 Å². The second-order valence-electron chi connectivity index (χ2n) is 5.35. The lowest BCUT2D eigenvalue weighted by molar-refractivity contribution is 0.302. The van der Waals surface area contributed by atoms with Crippen LogP contribution in [0.4, 0.5) is 4.39 Å². The van der Waals surface area contributed by atoms with Crippen molar-refractivity contribution in [2.45, 2.75) is 23.9 Å². The summed E-state index contributed by atoms with van der Waals surface area (Å²) in [5.74, 6) is -0.756. The van der Waals surface area contributed by atoms with Gasteiger partial charge in [-0.1, -0.05) is 15.9 Å². The Morgan fingerprint density at radius 1 is 1.48 bits per heavy atom. The van der Waals surface area contributed by atoms with E-state index < -0.39 is 15.8 Å². The number of nitrogens with zero attached hydrogens (tertiary/aromatic N) is 2. The minimum Gasteiger partial charge on any atom is -0.326 e. The number of hydrogen-bond acceptors (Lipinski definition) is 4. The summed E-state index contributed by atoms with van der Waals surface area (Å²) in [7, 11) is -0.0253. The SMILES string of the molecule is CN(C)C1CCN(S(=O)(=O)c2cc(Br)cc(CN)c2F)C1. The van der Waals surface area contributed by atoms with E-state index in [1.165, 1.54) is 16.4 Å². The molecule has 5 nitrogen and oxygen atoms in total. The fraction of sp³-hybridized carbons (Fsp3) is 0.538. The van der Waals surface area contributed by atoms with Gasteiger partial charge < -0.3 is 10.6 Å². The lowest BCUT2D eigenvalue weighted by Gasteiger charge is -2.21. The molecule has 1 aliphatic rings. The molecular weight excluding hydrogens is 361 g/mol. The van der Waals surface area contributed by atoms with E-state index >= 15 is 0 Å². The third kappa shape index (κ3) is 3.29. The Labute approximate surface area is 133 Å². The quantitative estimate of drug-likeness (QED) is 0.857. The molecule has 1 heterocycles. The monoisotopic (exact) mass is 379 g/mol. The van der Waals surface area contributed by atoms with Crippen molar-refractivity contribution in [1.29, 1.82) is 0 Å². The normalized spacial score (nSPS) is 20.4. The zero-order chi connectivity index (χ0) is 15.8. The Hall–Kier alpha value is -0.540. The molecule has 118 valence electrons. The minimum atomic E-state index is -3.84. The predicted octanol–water partition coefficient (Wildman–Crippen LogP) is 1.37. The summed E-state index contributed by atoms with van der Waals surface area (Å²) in [6, 6.07) is 2.96. The van der Waals surface area contributed by atoms with Crippen LogP contribution in [0.2, 0.25) is 0 Å². The summed E-state index contributed by atoms with van der Waals surface area (Å²) < 4.78 is 41.5. The molecule has 1 saturated heterocycles. The summed E-state index contributed by atoms with van der Waals surface area (Å²) in [5, 5.41) is 0. The van der Waals surface area contributed by atoms with E-state index in [-0.39, 0.29) is 23.0 Å². The topological polar surface area (TPSA) is 66.6 Å². The number of benzene rings is 1. The zero-order valence-electron chi connectivity index (χ0n) is 12.0. The Balaban J connectivity index is 2.39. The molecule has 21 heavy (non-hydrogen) atoms. The zero-order valence-corrected chi connectivity index (χ0v) is 14.4. The first-order valence-corrected chi connectivity index (χ1v) is 8.85. The molecule has 1 aromatic carbocycles. The molecule has 1 unspecified atom stereocenters. The molecule has 0 saturated carbocycles. The molecule has 0 bridgehead atoms. The molecule has 2 rings (SSSR count). The summed E-state index contributed by atoms with van der Waals surface area (Å²) in [4.78, 5) is 1.68. The smallest absolute Gasteiger partial charge is 0.246 e. The van der Waals surface area contributed by atoms with Crippen LogP contribution in [0.1, 0.15) is 12.0 Å². The van der Waals surface area contributed by atoms with Gasteiger partial charge in [-0.25, -0.2) is 12.8 Å². The van der Waals surface area contributed by atoms with Crippen molar-refractivity contribution in [3.05, 3.63) is 28.0 Å². The van der Waals surface area contributed by atoms with Crippen molar-refractivity contribution >= 4 is 26.0 Å². The Morgan fingerprint density at radius 2 is 2.14 bits per heavy atom. The largest absolute Gasteiger partial charge is 0.326 e. The van der Waals surface area contributed by atoms with E-state index in [4.69, 9.17) is 5.73 Å². The highest BCUT2D eigenvalue weighted by molar-refractivity contribution is 9.10. The Bertz CT molecular complexity index is 637. The molecule has 0 aromatic heterocycles. The van der Waals surface area contributed by atoms with Gasteiger partial charge in [0.1, 0.15) is 10.7 Å². The van der Waals surface area contributed by atoms with Crippen LogP contribution in [0.15, 0.2) is 21.5 Å². The van der Waals surface area contributed by atoms with Crippen LogP contribution >= 0.6 is 15.9 Å². The highest BCUT2D eigenvalue weighted by Gasteiger charge is 2.35. The number of nitrogens with two attached hydrogens (primary N) is 1. The Kier molecular flexibility index (Phi) is 5.04. The molecule has 1 atom stereocenters. The maximum atomic E-state index is 14.3. The van der Waals surface area contributed by atoms with Crippen LogP contribution < -0.4 is 5.73 Å². The summed E-state index contributed by atoms with van der Waals surface area (Å²) in [6.07, 6.45) is 0.742.